The summed E-state index contributed by atoms with van der Waals surface area (Å²) < 4.78 is 10.6. The third-order valence-electron chi connectivity index (χ3n) is 2.49. The Morgan fingerprint density at radius 1 is 1.17 bits per heavy atom. The molecule has 1 aromatic carbocycles. The first-order valence-corrected chi connectivity index (χ1v) is 5.76. The van der Waals surface area contributed by atoms with Crippen LogP contribution in [0, 0.1) is 6.92 Å². The van der Waals surface area contributed by atoms with Crippen LogP contribution in [0.1, 0.15) is 16.1 Å². The number of ether oxygens (including phenoxy) is 2. The minimum Gasteiger partial charge on any atom is -0.490 e. The van der Waals surface area contributed by atoms with E-state index in [0.29, 0.717) is 12.3 Å². The lowest BCUT2D eigenvalue weighted by molar-refractivity contribution is 0.0444. The lowest BCUT2D eigenvalue weighted by atomic mass is 10.2. The van der Waals surface area contributed by atoms with Crippen molar-refractivity contribution >= 4 is 5.97 Å². The van der Waals surface area contributed by atoms with Gasteiger partial charge in [0, 0.05) is 6.20 Å². The maximum atomic E-state index is 11.5. The van der Waals surface area contributed by atoms with Crippen molar-refractivity contribution in [1.82, 2.24) is 4.98 Å². The number of rotatable bonds is 5. The fourth-order valence-corrected chi connectivity index (χ4v) is 1.54. The van der Waals surface area contributed by atoms with Crippen molar-refractivity contribution in [3.63, 3.8) is 0 Å². The van der Waals surface area contributed by atoms with E-state index in [1.54, 1.807) is 18.3 Å². The van der Waals surface area contributed by atoms with Gasteiger partial charge in [-0.3, -0.25) is 0 Å². The smallest absolute Gasteiger partial charge is 0.354 e. The normalized spacial score (nSPS) is 10.1. The molecule has 0 saturated carbocycles. The summed E-state index contributed by atoms with van der Waals surface area (Å²) in [4.78, 5) is 14.3. The zero-order valence-corrected chi connectivity index (χ0v) is 10.2. The molecule has 0 fully saturated rings. The van der Waals surface area contributed by atoms with Crippen molar-refractivity contribution in [2.45, 2.75) is 6.92 Å². The Labute approximate surface area is 106 Å². The Morgan fingerprint density at radius 3 is 2.72 bits per heavy atom. The first-order valence-electron chi connectivity index (χ1n) is 5.76. The van der Waals surface area contributed by atoms with Crippen LogP contribution < -0.4 is 4.74 Å². The van der Waals surface area contributed by atoms with E-state index in [0.717, 1.165) is 11.3 Å². The van der Waals surface area contributed by atoms with Gasteiger partial charge in [0.25, 0.3) is 0 Å². The van der Waals surface area contributed by atoms with Gasteiger partial charge in [0.05, 0.1) is 0 Å². The van der Waals surface area contributed by atoms with Gasteiger partial charge in [0.15, 0.2) is 0 Å². The molecule has 0 bridgehead atoms. The fourth-order valence-electron chi connectivity index (χ4n) is 1.54. The lowest BCUT2D eigenvalue weighted by Gasteiger charge is -2.08. The number of aromatic nitrogens is 1. The van der Waals surface area contributed by atoms with E-state index in [2.05, 4.69) is 4.98 Å². The van der Waals surface area contributed by atoms with E-state index < -0.39 is 0 Å². The van der Waals surface area contributed by atoms with E-state index in [1.165, 1.54) is 0 Å². The number of hydrogen-bond acceptors (Lipinski definition) is 3. The Kier molecular flexibility index (Phi) is 4.02. The molecular weight excluding hydrogens is 230 g/mol. The fraction of sp³-hybridized carbons (Fsp3) is 0.214. The van der Waals surface area contributed by atoms with Crippen LogP contribution in [-0.2, 0) is 4.74 Å². The third kappa shape index (κ3) is 3.13. The molecule has 18 heavy (non-hydrogen) atoms. The maximum Gasteiger partial charge on any atom is 0.354 e. The summed E-state index contributed by atoms with van der Waals surface area (Å²) >= 11 is 0. The molecule has 2 aromatic rings. The predicted octanol–water partition coefficient (Wildman–Crippen LogP) is 2.56. The number of carbonyl (C=O) groups excluding carboxylic acids is 1. The lowest BCUT2D eigenvalue weighted by Crippen LogP contribution is -2.12. The predicted molar refractivity (Wildman–Crippen MR) is 67.7 cm³/mol. The summed E-state index contributed by atoms with van der Waals surface area (Å²) in [6, 6.07) is 11.1. The Morgan fingerprint density at radius 2 is 2.00 bits per heavy atom. The minimum atomic E-state index is -0.367. The zero-order chi connectivity index (χ0) is 12.8. The number of carbonyl (C=O) groups is 1. The molecule has 0 aliphatic heterocycles. The van der Waals surface area contributed by atoms with Gasteiger partial charge in [-0.05, 0) is 30.7 Å². The highest BCUT2D eigenvalue weighted by Crippen LogP contribution is 2.15. The summed E-state index contributed by atoms with van der Waals surface area (Å²) in [5.74, 6) is 0.446. The molecule has 0 radical (unpaired) electrons. The van der Waals surface area contributed by atoms with Gasteiger partial charge < -0.3 is 14.5 Å². The zero-order valence-electron chi connectivity index (χ0n) is 10.2. The summed E-state index contributed by atoms with van der Waals surface area (Å²) in [5.41, 5.74) is 1.51. The maximum absolute atomic E-state index is 11.5. The second kappa shape index (κ2) is 5.91. The molecule has 0 aliphatic carbocycles. The number of benzene rings is 1. The van der Waals surface area contributed by atoms with Crippen LogP contribution in [0.25, 0.3) is 0 Å². The number of aromatic amines is 1. The quantitative estimate of drug-likeness (QED) is 0.650. The second-order valence-corrected chi connectivity index (χ2v) is 3.83. The first kappa shape index (κ1) is 12.2. The van der Waals surface area contributed by atoms with Crippen molar-refractivity contribution in [2.75, 3.05) is 13.2 Å². The SMILES string of the molecule is Cc1ccccc1OCCOC(=O)c1ccc[nH]1. The minimum absolute atomic E-state index is 0.228. The van der Waals surface area contributed by atoms with E-state index in [9.17, 15) is 4.79 Å². The molecule has 1 heterocycles. The Hall–Kier alpha value is -2.23. The van der Waals surface area contributed by atoms with Crippen molar-refractivity contribution in [2.24, 2.45) is 0 Å². The number of hydrogen-bond donors (Lipinski definition) is 1. The highest BCUT2D eigenvalue weighted by Gasteiger charge is 2.06. The van der Waals surface area contributed by atoms with Crippen LogP contribution in [0.15, 0.2) is 42.6 Å². The average Bonchev–Trinajstić information content (AvgIpc) is 2.90. The Bertz CT molecular complexity index is 506. The molecule has 0 aliphatic rings. The summed E-state index contributed by atoms with van der Waals surface area (Å²) in [6.45, 7) is 2.55. The van der Waals surface area contributed by atoms with Crippen LogP contribution >= 0.6 is 0 Å². The summed E-state index contributed by atoms with van der Waals surface area (Å²) in [6.07, 6.45) is 1.68. The molecule has 4 heteroatoms. The van der Waals surface area contributed by atoms with Crippen LogP contribution in [-0.4, -0.2) is 24.2 Å². The molecule has 1 N–H and O–H groups in total. The number of H-pyrrole nitrogens is 1. The van der Waals surface area contributed by atoms with Crippen molar-refractivity contribution in [3.05, 3.63) is 53.9 Å². The van der Waals surface area contributed by atoms with Crippen molar-refractivity contribution < 1.29 is 14.3 Å². The van der Waals surface area contributed by atoms with Gasteiger partial charge in [-0.15, -0.1) is 0 Å². The monoisotopic (exact) mass is 245 g/mol. The van der Waals surface area contributed by atoms with Gasteiger partial charge in [-0.25, -0.2) is 4.79 Å². The van der Waals surface area contributed by atoms with Crippen LogP contribution in [0.3, 0.4) is 0 Å². The molecule has 2 rings (SSSR count). The van der Waals surface area contributed by atoms with E-state index in [-0.39, 0.29) is 12.6 Å². The number of esters is 1. The van der Waals surface area contributed by atoms with Gasteiger partial charge in [-0.1, -0.05) is 18.2 Å². The van der Waals surface area contributed by atoms with Gasteiger partial charge in [0.1, 0.15) is 24.7 Å². The molecule has 0 atom stereocenters. The molecule has 0 saturated heterocycles. The second-order valence-electron chi connectivity index (χ2n) is 3.83. The molecule has 4 nitrogen and oxygen atoms in total. The number of nitrogens with one attached hydrogen (secondary N) is 1. The number of aryl methyl sites for hydroxylation is 1. The summed E-state index contributed by atoms with van der Waals surface area (Å²) in [7, 11) is 0. The van der Waals surface area contributed by atoms with E-state index in [4.69, 9.17) is 9.47 Å². The first-order chi connectivity index (χ1) is 8.77. The highest BCUT2D eigenvalue weighted by molar-refractivity contribution is 5.87. The van der Waals surface area contributed by atoms with Gasteiger partial charge in [0.2, 0.25) is 0 Å². The molecule has 1 aromatic heterocycles. The topological polar surface area (TPSA) is 51.3 Å². The average molecular weight is 245 g/mol. The third-order valence-corrected chi connectivity index (χ3v) is 2.49. The van der Waals surface area contributed by atoms with Gasteiger partial charge in [-0.2, -0.15) is 0 Å². The van der Waals surface area contributed by atoms with Crippen LogP contribution in [0.4, 0.5) is 0 Å². The molecule has 0 spiro atoms. The summed E-state index contributed by atoms with van der Waals surface area (Å²) in [5, 5.41) is 0. The van der Waals surface area contributed by atoms with Crippen molar-refractivity contribution in [3.8, 4) is 5.75 Å². The number of para-hydroxylation sites is 1. The standard InChI is InChI=1S/C14H15NO3/c1-11-5-2-3-7-13(11)17-9-10-18-14(16)12-6-4-8-15-12/h2-8,15H,9-10H2,1H3. The molecule has 94 valence electrons. The van der Waals surface area contributed by atoms with Crippen LogP contribution in [0.2, 0.25) is 0 Å². The van der Waals surface area contributed by atoms with Crippen LogP contribution in [0.5, 0.6) is 5.75 Å². The van der Waals surface area contributed by atoms with Crippen molar-refractivity contribution in [1.29, 1.82) is 0 Å². The molecule has 0 amide bonds. The highest BCUT2D eigenvalue weighted by atomic mass is 16.6. The van der Waals surface area contributed by atoms with E-state index >= 15 is 0 Å². The molecular formula is C14H15NO3. The largest absolute Gasteiger partial charge is 0.490 e. The van der Waals surface area contributed by atoms with E-state index in [1.807, 2.05) is 31.2 Å². The van der Waals surface area contributed by atoms with Gasteiger partial charge >= 0.3 is 5.97 Å². The Balaban J connectivity index is 1.74. The molecule has 0 unspecified atom stereocenters.